The zero-order valence-corrected chi connectivity index (χ0v) is 13.0. The molecule has 1 aromatic heterocycles. The van der Waals surface area contributed by atoms with Gasteiger partial charge < -0.3 is 4.57 Å². The summed E-state index contributed by atoms with van der Waals surface area (Å²) in [5.41, 5.74) is 2.36. The first-order valence-corrected chi connectivity index (χ1v) is 7.46. The lowest BCUT2D eigenvalue weighted by molar-refractivity contribution is -0.385. The molecule has 0 spiro atoms. The Morgan fingerprint density at radius 2 is 2.00 bits per heavy atom. The van der Waals surface area contributed by atoms with Crippen molar-refractivity contribution < 1.29 is 4.92 Å². The van der Waals surface area contributed by atoms with E-state index in [1.54, 1.807) is 18.2 Å². The van der Waals surface area contributed by atoms with Gasteiger partial charge in [-0.05, 0) is 31.2 Å². The van der Waals surface area contributed by atoms with E-state index in [2.05, 4.69) is 11.1 Å². The van der Waals surface area contributed by atoms with Crippen molar-refractivity contribution in [2.24, 2.45) is 0 Å². The Hall–Kier alpha value is -3.46. The molecular weight excluding hydrogens is 304 g/mol. The van der Waals surface area contributed by atoms with Gasteiger partial charge in [0.15, 0.2) is 5.82 Å². The minimum atomic E-state index is -0.455. The summed E-state index contributed by atoms with van der Waals surface area (Å²) < 4.78 is 1.93. The zero-order valence-electron chi connectivity index (χ0n) is 13.0. The fourth-order valence-corrected chi connectivity index (χ4v) is 2.68. The SMILES string of the molecule is CCn1c(/C(C#N)=C\c2ccccc2[N+](=O)[O-])nc2ccccc21. The Bertz CT molecular complexity index is 996. The van der Waals surface area contributed by atoms with Crippen LogP contribution >= 0.6 is 0 Å². The Morgan fingerprint density at radius 1 is 1.29 bits per heavy atom. The number of nitro groups is 1. The molecule has 0 aliphatic rings. The molecule has 0 aliphatic carbocycles. The molecule has 6 nitrogen and oxygen atoms in total. The fourth-order valence-electron chi connectivity index (χ4n) is 2.68. The van der Waals surface area contributed by atoms with Gasteiger partial charge in [0.1, 0.15) is 6.07 Å². The minimum absolute atomic E-state index is 0.0376. The number of benzene rings is 2. The second kappa shape index (κ2) is 6.34. The molecule has 0 saturated carbocycles. The molecule has 118 valence electrons. The van der Waals surface area contributed by atoms with Gasteiger partial charge in [0.25, 0.3) is 5.69 Å². The standard InChI is InChI=1S/C18H14N4O2/c1-2-21-17-10-6-4-8-15(17)20-18(21)14(12-19)11-13-7-3-5-9-16(13)22(23)24/h3-11H,2H2,1H3/b14-11-. The van der Waals surface area contributed by atoms with Gasteiger partial charge in [-0.15, -0.1) is 0 Å². The van der Waals surface area contributed by atoms with Gasteiger partial charge in [0.2, 0.25) is 0 Å². The molecule has 0 saturated heterocycles. The highest BCUT2D eigenvalue weighted by Gasteiger charge is 2.16. The van der Waals surface area contributed by atoms with Crippen molar-refractivity contribution in [3.8, 4) is 6.07 Å². The Balaban J connectivity index is 2.21. The number of aromatic nitrogens is 2. The molecule has 3 rings (SSSR count). The Morgan fingerprint density at radius 3 is 2.71 bits per heavy atom. The summed E-state index contributed by atoms with van der Waals surface area (Å²) in [4.78, 5) is 15.2. The highest BCUT2D eigenvalue weighted by molar-refractivity contribution is 5.92. The summed E-state index contributed by atoms with van der Waals surface area (Å²) in [5.74, 6) is 0.513. The van der Waals surface area contributed by atoms with Crippen LogP contribution in [0.4, 0.5) is 5.69 Å². The summed E-state index contributed by atoms with van der Waals surface area (Å²) in [7, 11) is 0. The van der Waals surface area contributed by atoms with Crippen LogP contribution in [-0.2, 0) is 6.54 Å². The molecule has 0 bridgehead atoms. The zero-order chi connectivity index (χ0) is 17.1. The number of para-hydroxylation sites is 3. The fraction of sp³-hybridized carbons (Fsp3) is 0.111. The molecule has 2 aromatic carbocycles. The van der Waals surface area contributed by atoms with Crippen LogP contribution in [0.25, 0.3) is 22.7 Å². The maximum atomic E-state index is 11.2. The molecule has 1 heterocycles. The number of allylic oxidation sites excluding steroid dienone is 1. The first-order chi connectivity index (χ1) is 11.7. The molecule has 3 aromatic rings. The number of imidazole rings is 1. The van der Waals surface area contributed by atoms with E-state index < -0.39 is 4.92 Å². The number of fused-ring (bicyclic) bond motifs is 1. The van der Waals surface area contributed by atoms with Crippen molar-refractivity contribution in [1.29, 1.82) is 5.26 Å². The molecule has 0 N–H and O–H groups in total. The monoisotopic (exact) mass is 318 g/mol. The van der Waals surface area contributed by atoms with Gasteiger partial charge in [0, 0.05) is 12.6 Å². The van der Waals surface area contributed by atoms with Crippen LogP contribution in [0.5, 0.6) is 0 Å². The first-order valence-electron chi connectivity index (χ1n) is 7.46. The number of hydrogen-bond acceptors (Lipinski definition) is 4. The van der Waals surface area contributed by atoms with Crippen LogP contribution in [0, 0.1) is 21.4 Å². The lowest BCUT2D eigenvalue weighted by Gasteiger charge is -2.05. The van der Waals surface area contributed by atoms with Gasteiger partial charge in [-0.2, -0.15) is 5.26 Å². The third-order valence-corrected chi connectivity index (χ3v) is 3.77. The van der Waals surface area contributed by atoms with Crippen molar-refractivity contribution in [2.45, 2.75) is 13.5 Å². The van der Waals surface area contributed by atoms with Crippen LogP contribution in [0.3, 0.4) is 0 Å². The van der Waals surface area contributed by atoms with Crippen LogP contribution in [-0.4, -0.2) is 14.5 Å². The topological polar surface area (TPSA) is 84.8 Å². The maximum Gasteiger partial charge on any atom is 0.276 e. The third kappa shape index (κ3) is 2.63. The van der Waals surface area contributed by atoms with E-state index in [4.69, 9.17) is 0 Å². The molecule has 0 atom stereocenters. The highest BCUT2D eigenvalue weighted by Crippen LogP contribution is 2.26. The van der Waals surface area contributed by atoms with E-state index in [9.17, 15) is 15.4 Å². The third-order valence-electron chi connectivity index (χ3n) is 3.77. The van der Waals surface area contributed by atoms with Crippen LogP contribution in [0.2, 0.25) is 0 Å². The van der Waals surface area contributed by atoms with Gasteiger partial charge >= 0.3 is 0 Å². The van der Waals surface area contributed by atoms with E-state index in [-0.39, 0.29) is 5.69 Å². The number of nitriles is 1. The number of rotatable bonds is 4. The number of aryl methyl sites for hydroxylation is 1. The summed E-state index contributed by atoms with van der Waals surface area (Å²) in [6.45, 7) is 2.61. The normalized spacial score (nSPS) is 11.4. The maximum absolute atomic E-state index is 11.2. The van der Waals surface area contributed by atoms with E-state index in [1.165, 1.54) is 12.1 Å². The second-order valence-corrected chi connectivity index (χ2v) is 5.15. The predicted molar refractivity (Wildman–Crippen MR) is 92.0 cm³/mol. The largest absolute Gasteiger partial charge is 0.324 e. The van der Waals surface area contributed by atoms with Crippen LogP contribution in [0.15, 0.2) is 48.5 Å². The van der Waals surface area contributed by atoms with Gasteiger partial charge in [-0.25, -0.2) is 4.98 Å². The van der Waals surface area contributed by atoms with E-state index in [0.29, 0.717) is 23.5 Å². The van der Waals surface area contributed by atoms with Crippen molar-refractivity contribution in [3.05, 3.63) is 70.0 Å². The average Bonchev–Trinajstić information content (AvgIpc) is 2.98. The molecule has 6 heteroatoms. The smallest absolute Gasteiger partial charge is 0.276 e. The van der Waals surface area contributed by atoms with Gasteiger partial charge in [-0.3, -0.25) is 10.1 Å². The molecular formula is C18H14N4O2. The van der Waals surface area contributed by atoms with Crippen LogP contribution in [0.1, 0.15) is 18.3 Å². The summed E-state index contributed by atoms with van der Waals surface area (Å²) in [5, 5.41) is 20.7. The van der Waals surface area contributed by atoms with Crippen molar-refractivity contribution >= 4 is 28.4 Å². The number of nitrogens with zero attached hydrogens (tertiary/aromatic N) is 4. The molecule has 0 unspecified atom stereocenters. The molecule has 0 amide bonds. The number of hydrogen-bond donors (Lipinski definition) is 0. The van der Waals surface area contributed by atoms with Crippen LogP contribution < -0.4 is 0 Å². The summed E-state index contributed by atoms with van der Waals surface area (Å²) >= 11 is 0. The van der Waals surface area contributed by atoms with E-state index >= 15 is 0 Å². The minimum Gasteiger partial charge on any atom is -0.324 e. The lowest BCUT2D eigenvalue weighted by Crippen LogP contribution is -2.00. The molecule has 0 aliphatic heterocycles. The molecule has 0 radical (unpaired) electrons. The second-order valence-electron chi connectivity index (χ2n) is 5.15. The molecule has 24 heavy (non-hydrogen) atoms. The Kier molecular flexibility index (Phi) is 4.08. The molecule has 0 fully saturated rings. The first kappa shape index (κ1) is 15.4. The average molecular weight is 318 g/mol. The summed E-state index contributed by atoms with van der Waals surface area (Å²) in [6.07, 6.45) is 1.52. The van der Waals surface area contributed by atoms with Crippen molar-refractivity contribution in [2.75, 3.05) is 0 Å². The number of nitro benzene ring substituents is 1. The van der Waals surface area contributed by atoms with Crippen molar-refractivity contribution in [1.82, 2.24) is 9.55 Å². The highest BCUT2D eigenvalue weighted by atomic mass is 16.6. The quantitative estimate of drug-likeness (QED) is 0.413. The predicted octanol–water partition coefficient (Wildman–Crippen LogP) is 4.03. The Labute approximate surface area is 138 Å². The van der Waals surface area contributed by atoms with E-state index in [0.717, 1.165) is 11.0 Å². The van der Waals surface area contributed by atoms with Gasteiger partial charge in [0.05, 0.1) is 27.1 Å². The van der Waals surface area contributed by atoms with Crippen molar-refractivity contribution in [3.63, 3.8) is 0 Å². The summed E-state index contributed by atoms with van der Waals surface area (Å²) in [6, 6.07) is 16.1. The van der Waals surface area contributed by atoms with E-state index in [1.807, 2.05) is 35.8 Å². The lowest BCUT2D eigenvalue weighted by atomic mass is 10.1. The van der Waals surface area contributed by atoms with Gasteiger partial charge in [-0.1, -0.05) is 24.3 Å².